The highest BCUT2D eigenvalue weighted by Gasteiger charge is 2.40. The van der Waals surface area contributed by atoms with Crippen molar-refractivity contribution in [1.29, 1.82) is 0 Å². The van der Waals surface area contributed by atoms with E-state index in [2.05, 4.69) is 29.9 Å². The molecule has 0 aliphatic carbocycles. The summed E-state index contributed by atoms with van der Waals surface area (Å²) >= 11 is 0.987. The molecule has 4 atom stereocenters. The highest BCUT2D eigenvalue weighted by atomic mass is 32.1. The summed E-state index contributed by atoms with van der Waals surface area (Å²) in [6.07, 6.45) is 0.232. The number of nitrogens with one attached hydrogen (secondary N) is 1. The molecule has 3 aromatic rings. The molecule has 1 amide bonds. The van der Waals surface area contributed by atoms with Gasteiger partial charge >= 0.3 is 0 Å². The molecule has 4 rings (SSSR count). The smallest absolute Gasteiger partial charge is 0.265 e. The number of fused-ring (bicyclic) bond motifs is 1. The van der Waals surface area contributed by atoms with Crippen LogP contribution in [0.4, 0.5) is 5.82 Å². The standard InChI is InChI=1S/C16H20N8O4S/c1-2-7-13(29-23-22-7)16(27)21-8-4-28-9(12(26)11(8)25)3-24-6-20-15-10(24)14(17)18-5-19-15/h5-6,8-9,11-12,25-26H,2-4H2,1H3,(H,21,27)(H2,17,18,19)/t8-,9-,11+,12-/m1/s1. The number of anilines is 1. The highest BCUT2D eigenvalue weighted by molar-refractivity contribution is 7.08. The second-order valence-electron chi connectivity index (χ2n) is 6.66. The molecule has 0 bridgehead atoms. The monoisotopic (exact) mass is 420 g/mol. The first-order valence-corrected chi connectivity index (χ1v) is 9.78. The number of aliphatic hydroxyl groups excluding tert-OH is 2. The lowest BCUT2D eigenvalue weighted by Crippen LogP contribution is -2.59. The van der Waals surface area contributed by atoms with Crippen LogP contribution >= 0.6 is 11.5 Å². The van der Waals surface area contributed by atoms with Gasteiger partial charge in [-0.15, -0.1) is 5.10 Å². The SMILES string of the molecule is CCc1nnsc1C(=O)N[C@@H]1CO[C@H](Cn2cnc3ncnc(N)c32)[C@@H](O)[C@H]1O. The van der Waals surface area contributed by atoms with E-state index in [-0.39, 0.29) is 19.0 Å². The van der Waals surface area contributed by atoms with Gasteiger partial charge in [0.2, 0.25) is 0 Å². The Morgan fingerprint density at radius 3 is 3.00 bits per heavy atom. The van der Waals surface area contributed by atoms with E-state index in [1.807, 2.05) is 6.92 Å². The molecule has 1 aliphatic heterocycles. The number of nitrogens with two attached hydrogens (primary N) is 1. The predicted octanol–water partition coefficient (Wildman–Crippen LogP) is -1.26. The number of rotatable bonds is 5. The number of carbonyl (C=O) groups excluding carboxylic acids is 1. The number of aromatic nitrogens is 6. The fourth-order valence-corrected chi connectivity index (χ4v) is 3.94. The van der Waals surface area contributed by atoms with Gasteiger partial charge in [0.25, 0.3) is 5.91 Å². The molecule has 0 radical (unpaired) electrons. The Hall–Kier alpha value is -2.74. The zero-order chi connectivity index (χ0) is 20.5. The summed E-state index contributed by atoms with van der Waals surface area (Å²) < 4.78 is 11.2. The fourth-order valence-electron chi connectivity index (χ4n) is 3.28. The highest BCUT2D eigenvalue weighted by Crippen LogP contribution is 2.22. The normalized spacial score (nSPS) is 24.7. The van der Waals surface area contributed by atoms with Gasteiger partial charge < -0.3 is 30.6 Å². The van der Waals surface area contributed by atoms with E-state index >= 15 is 0 Å². The third-order valence-corrected chi connectivity index (χ3v) is 5.63. The van der Waals surface area contributed by atoms with E-state index < -0.39 is 30.3 Å². The van der Waals surface area contributed by atoms with Gasteiger partial charge in [0.1, 0.15) is 35.0 Å². The summed E-state index contributed by atoms with van der Waals surface area (Å²) in [5.41, 5.74) is 7.44. The molecule has 5 N–H and O–H groups in total. The van der Waals surface area contributed by atoms with Gasteiger partial charge in [-0.25, -0.2) is 15.0 Å². The lowest BCUT2D eigenvalue weighted by molar-refractivity contribution is -0.152. The summed E-state index contributed by atoms with van der Waals surface area (Å²) in [6.45, 7) is 2.09. The Bertz CT molecular complexity index is 1020. The molecule has 13 heteroatoms. The third kappa shape index (κ3) is 3.64. The van der Waals surface area contributed by atoms with E-state index in [1.54, 1.807) is 4.57 Å². The minimum Gasteiger partial charge on any atom is -0.388 e. The number of nitrogens with zero attached hydrogens (tertiary/aromatic N) is 6. The van der Waals surface area contributed by atoms with Crippen LogP contribution in [0.2, 0.25) is 0 Å². The Morgan fingerprint density at radius 1 is 1.38 bits per heavy atom. The van der Waals surface area contributed by atoms with Crippen LogP contribution in [0.3, 0.4) is 0 Å². The van der Waals surface area contributed by atoms with Crippen molar-refractivity contribution in [2.75, 3.05) is 12.3 Å². The summed E-state index contributed by atoms with van der Waals surface area (Å²) in [5, 5.41) is 27.7. The Balaban J connectivity index is 1.44. The van der Waals surface area contributed by atoms with Crippen molar-refractivity contribution >= 4 is 34.4 Å². The topological polar surface area (TPSA) is 174 Å². The number of imidazole rings is 1. The van der Waals surface area contributed by atoms with E-state index in [0.29, 0.717) is 28.2 Å². The van der Waals surface area contributed by atoms with Gasteiger partial charge in [0.15, 0.2) is 11.5 Å². The summed E-state index contributed by atoms with van der Waals surface area (Å²) in [4.78, 5) is 25.0. The quantitative estimate of drug-likeness (QED) is 0.390. The van der Waals surface area contributed by atoms with Gasteiger partial charge in [-0.1, -0.05) is 11.4 Å². The second-order valence-corrected chi connectivity index (χ2v) is 7.42. The van der Waals surface area contributed by atoms with E-state index in [0.717, 1.165) is 11.5 Å². The van der Waals surface area contributed by atoms with Crippen LogP contribution in [-0.2, 0) is 17.7 Å². The van der Waals surface area contributed by atoms with Gasteiger partial charge in [0.05, 0.1) is 31.2 Å². The minimum absolute atomic E-state index is 0.0287. The Kier molecular flexibility index (Phi) is 5.36. The molecule has 154 valence electrons. The Labute approximate surface area is 168 Å². The van der Waals surface area contributed by atoms with Crippen LogP contribution < -0.4 is 11.1 Å². The first-order valence-electron chi connectivity index (χ1n) is 9.00. The first kappa shape index (κ1) is 19.6. The molecule has 4 heterocycles. The van der Waals surface area contributed by atoms with Crippen molar-refractivity contribution in [3.8, 4) is 0 Å². The largest absolute Gasteiger partial charge is 0.388 e. The van der Waals surface area contributed by atoms with E-state index in [9.17, 15) is 15.0 Å². The van der Waals surface area contributed by atoms with Crippen molar-refractivity contribution in [3.63, 3.8) is 0 Å². The molecule has 0 unspecified atom stereocenters. The summed E-state index contributed by atoms with van der Waals surface area (Å²) in [5.74, 6) is -0.144. The van der Waals surface area contributed by atoms with E-state index in [1.165, 1.54) is 12.7 Å². The van der Waals surface area contributed by atoms with Gasteiger partial charge in [0, 0.05) is 0 Å². The number of aliphatic hydroxyl groups is 2. The van der Waals surface area contributed by atoms with Crippen molar-refractivity contribution in [3.05, 3.63) is 23.2 Å². The van der Waals surface area contributed by atoms with Crippen molar-refractivity contribution in [2.24, 2.45) is 0 Å². The van der Waals surface area contributed by atoms with Crippen LogP contribution in [0.25, 0.3) is 11.2 Å². The molecule has 0 spiro atoms. The number of ether oxygens (including phenoxy) is 1. The Morgan fingerprint density at radius 2 is 2.21 bits per heavy atom. The zero-order valence-electron chi connectivity index (χ0n) is 15.5. The number of carbonyl (C=O) groups is 1. The molecule has 1 aliphatic rings. The summed E-state index contributed by atoms with van der Waals surface area (Å²) in [6, 6.07) is -0.770. The average Bonchev–Trinajstić information content (AvgIpc) is 3.35. The second kappa shape index (κ2) is 7.94. The van der Waals surface area contributed by atoms with Crippen LogP contribution in [0, 0.1) is 0 Å². The molecule has 29 heavy (non-hydrogen) atoms. The maximum absolute atomic E-state index is 12.5. The lowest BCUT2D eigenvalue weighted by Gasteiger charge is -2.38. The average molecular weight is 420 g/mol. The first-order chi connectivity index (χ1) is 14.0. The fraction of sp³-hybridized carbons (Fsp3) is 0.500. The molecule has 1 saturated heterocycles. The molecule has 12 nitrogen and oxygen atoms in total. The van der Waals surface area contributed by atoms with Crippen molar-refractivity contribution in [2.45, 2.75) is 44.2 Å². The molecule has 1 fully saturated rings. The molecular formula is C16H20N8O4S. The lowest BCUT2D eigenvalue weighted by atomic mass is 9.97. The number of aryl methyl sites for hydroxylation is 1. The third-order valence-electron chi connectivity index (χ3n) is 4.86. The molecule has 0 saturated carbocycles. The van der Waals surface area contributed by atoms with Gasteiger partial charge in [-0.3, -0.25) is 4.79 Å². The van der Waals surface area contributed by atoms with E-state index in [4.69, 9.17) is 10.5 Å². The van der Waals surface area contributed by atoms with Crippen LogP contribution in [0.15, 0.2) is 12.7 Å². The van der Waals surface area contributed by atoms with Gasteiger partial charge in [-0.05, 0) is 18.0 Å². The molecule has 0 aromatic carbocycles. The van der Waals surface area contributed by atoms with Crippen LogP contribution in [-0.4, -0.2) is 76.2 Å². The zero-order valence-corrected chi connectivity index (χ0v) is 16.3. The predicted molar refractivity (Wildman–Crippen MR) is 102 cm³/mol. The van der Waals surface area contributed by atoms with Crippen LogP contribution in [0.1, 0.15) is 22.3 Å². The maximum atomic E-state index is 12.5. The van der Waals surface area contributed by atoms with Crippen molar-refractivity contribution < 1.29 is 19.7 Å². The summed E-state index contributed by atoms with van der Waals surface area (Å²) in [7, 11) is 0. The minimum atomic E-state index is -1.23. The molecular weight excluding hydrogens is 400 g/mol. The molecule has 3 aromatic heterocycles. The maximum Gasteiger partial charge on any atom is 0.265 e. The van der Waals surface area contributed by atoms with Crippen LogP contribution in [0.5, 0.6) is 0 Å². The number of hydrogen-bond acceptors (Lipinski definition) is 11. The van der Waals surface area contributed by atoms with Crippen molar-refractivity contribution in [1.82, 2.24) is 34.4 Å². The number of hydrogen-bond donors (Lipinski definition) is 4. The van der Waals surface area contributed by atoms with Gasteiger partial charge in [-0.2, -0.15) is 0 Å². The number of amides is 1. The number of nitrogen functional groups attached to an aromatic ring is 1.